The number of fused-ring (bicyclic) bond motifs is 1. The summed E-state index contributed by atoms with van der Waals surface area (Å²) in [5.41, 5.74) is 1.22. The van der Waals surface area contributed by atoms with Gasteiger partial charge in [-0.2, -0.15) is 0 Å². The molecule has 2 heterocycles. The van der Waals surface area contributed by atoms with Crippen molar-refractivity contribution in [3.8, 4) is 5.75 Å². The smallest absolute Gasteiger partial charge is 0.124 e. The quantitative estimate of drug-likeness (QED) is 0.836. The van der Waals surface area contributed by atoms with E-state index in [9.17, 15) is 0 Å². The fourth-order valence-corrected chi connectivity index (χ4v) is 3.59. The van der Waals surface area contributed by atoms with E-state index in [1.54, 1.807) is 0 Å². The van der Waals surface area contributed by atoms with Gasteiger partial charge in [-0.05, 0) is 57.6 Å². The standard InChI is InChI=1S/C18H28ClN3O/c1-21-9-11-22(12-10-21)8-3-7-20-17-4-2-13-23-18-6-5-15(19)14-16(17)18/h5-6,14,17,20H,2-4,7-13H2,1H3. The maximum atomic E-state index is 6.18. The first kappa shape index (κ1) is 17.0. The fourth-order valence-electron chi connectivity index (χ4n) is 3.41. The molecule has 1 saturated heterocycles. The number of rotatable bonds is 5. The van der Waals surface area contributed by atoms with Crippen LogP contribution in [-0.4, -0.2) is 62.7 Å². The second-order valence-corrected chi connectivity index (χ2v) is 7.11. The van der Waals surface area contributed by atoms with E-state index in [0.29, 0.717) is 6.04 Å². The highest BCUT2D eigenvalue weighted by Gasteiger charge is 2.20. The van der Waals surface area contributed by atoms with Crippen molar-refractivity contribution >= 4 is 11.6 Å². The third-order valence-corrected chi connectivity index (χ3v) is 5.11. The lowest BCUT2D eigenvalue weighted by Gasteiger charge is -2.32. The van der Waals surface area contributed by atoms with E-state index < -0.39 is 0 Å². The SMILES string of the molecule is CN1CCN(CCCNC2CCCOc3ccc(Cl)cc32)CC1. The molecule has 5 heteroatoms. The molecule has 0 aliphatic carbocycles. The molecular weight excluding hydrogens is 310 g/mol. The van der Waals surface area contributed by atoms with Gasteiger partial charge in [0.1, 0.15) is 5.75 Å². The van der Waals surface area contributed by atoms with Gasteiger partial charge in [0.2, 0.25) is 0 Å². The summed E-state index contributed by atoms with van der Waals surface area (Å²) in [5.74, 6) is 0.989. The Hall–Kier alpha value is -0.810. The van der Waals surface area contributed by atoms with E-state index in [2.05, 4.69) is 28.2 Å². The molecule has 4 nitrogen and oxygen atoms in total. The molecule has 1 N–H and O–H groups in total. The van der Waals surface area contributed by atoms with E-state index in [1.165, 1.54) is 44.7 Å². The fraction of sp³-hybridized carbons (Fsp3) is 0.667. The van der Waals surface area contributed by atoms with Crippen molar-refractivity contribution in [2.45, 2.75) is 25.3 Å². The number of halogens is 1. The molecule has 0 radical (unpaired) electrons. The molecule has 2 aliphatic rings. The van der Waals surface area contributed by atoms with Gasteiger partial charge in [0.15, 0.2) is 0 Å². The Labute approximate surface area is 144 Å². The van der Waals surface area contributed by atoms with Crippen LogP contribution < -0.4 is 10.1 Å². The van der Waals surface area contributed by atoms with Crippen molar-refractivity contribution in [2.75, 3.05) is 52.9 Å². The number of benzene rings is 1. The second kappa shape index (κ2) is 8.34. The summed E-state index contributed by atoms with van der Waals surface area (Å²) in [7, 11) is 2.20. The van der Waals surface area contributed by atoms with Crippen LogP contribution in [0.1, 0.15) is 30.9 Å². The van der Waals surface area contributed by atoms with Gasteiger partial charge in [0.05, 0.1) is 6.61 Å². The molecule has 0 aromatic heterocycles. The first-order valence-electron chi connectivity index (χ1n) is 8.79. The average molecular weight is 338 g/mol. The Morgan fingerprint density at radius 3 is 2.91 bits per heavy atom. The van der Waals surface area contributed by atoms with Crippen molar-refractivity contribution in [3.05, 3.63) is 28.8 Å². The van der Waals surface area contributed by atoms with Crippen LogP contribution in [0.3, 0.4) is 0 Å². The molecule has 128 valence electrons. The average Bonchev–Trinajstić information content (AvgIpc) is 2.75. The number of likely N-dealkylation sites (N-methyl/N-ethyl adjacent to an activating group) is 1. The number of ether oxygens (including phenoxy) is 1. The van der Waals surface area contributed by atoms with Gasteiger partial charge in [-0.15, -0.1) is 0 Å². The molecular formula is C18H28ClN3O. The van der Waals surface area contributed by atoms with Crippen molar-refractivity contribution < 1.29 is 4.74 Å². The van der Waals surface area contributed by atoms with Crippen LogP contribution >= 0.6 is 11.6 Å². The molecule has 1 aromatic rings. The zero-order valence-electron chi connectivity index (χ0n) is 14.1. The van der Waals surface area contributed by atoms with Crippen LogP contribution in [0, 0.1) is 0 Å². The summed E-state index contributed by atoms with van der Waals surface area (Å²) in [5, 5.41) is 4.51. The largest absolute Gasteiger partial charge is 0.493 e. The molecule has 0 amide bonds. The highest BCUT2D eigenvalue weighted by Crippen LogP contribution is 2.33. The summed E-state index contributed by atoms with van der Waals surface area (Å²) < 4.78 is 5.83. The minimum atomic E-state index is 0.360. The third kappa shape index (κ3) is 4.83. The lowest BCUT2D eigenvalue weighted by atomic mass is 10.0. The molecule has 23 heavy (non-hydrogen) atoms. The minimum Gasteiger partial charge on any atom is -0.493 e. The molecule has 0 spiro atoms. The normalized spacial score (nSPS) is 23.1. The highest BCUT2D eigenvalue weighted by atomic mass is 35.5. The molecule has 0 bridgehead atoms. The molecule has 1 fully saturated rings. The van der Waals surface area contributed by atoms with E-state index in [0.717, 1.165) is 36.8 Å². The Balaban J connectivity index is 1.47. The first-order valence-corrected chi connectivity index (χ1v) is 9.17. The monoisotopic (exact) mass is 337 g/mol. The summed E-state index contributed by atoms with van der Waals surface area (Å²) in [6.07, 6.45) is 3.39. The topological polar surface area (TPSA) is 27.7 Å². The van der Waals surface area contributed by atoms with Crippen molar-refractivity contribution in [1.29, 1.82) is 0 Å². The Bertz CT molecular complexity index is 503. The number of piperazine rings is 1. The maximum absolute atomic E-state index is 6.18. The van der Waals surface area contributed by atoms with Crippen LogP contribution in [0.4, 0.5) is 0 Å². The third-order valence-electron chi connectivity index (χ3n) is 4.88. The van der Waals surface area contributed by atoms with Gasteiger partial charge < -0.3 is 19.9 Å². The summed E-state index contributed by atoms with van der Waals surface area (Å²) in [6, 6.07) is 6.33. The van der Waals surface area contributed by atoms with Crippen LogP contribution in [0.5, 0.6) is 5.75 Å². The Morgan fingerprint density at radius 2 is 2.09 bits per heavy atom. The lowest BCUT2D eigenvalue weighted by molar-refractivity contribution is 0.152. The molecule has 1 atom stereocenters. The summed E-state index contributed by atoms with van der Waals surface area (Å²) >= 11 is 6.18. The number of hydrogen-bond donors (Lipinski definition) is 1. The summed E-state index contributed by atoms with van der Waals surface area (Å²) in [4.78, 5) is 4.98. The van der Waals surface area contributed by atoms with Crippen LogP contribution in [0.25, 0.3) is 0 Å². The predicted octanol–water partition coefficient (Wildman–Crippen LogP) is 2.78. The van der Waals surface area contributed by atoms with Gasteiger partial charge in [-0.25, -0.2) is 0 Å². The summed E-state index contributed by atoms with van der Waals surface area (Å²) in [6.45, 7) is 7.82. The van der Waals surface area contributed by atoms with Gasteiger partial charge in [0.25, 0.3) is 0 Å². The van der Waals surface area contributed by atoms with E-state index in [-0.39, 0.29) is 0 Å². The molecule has 1 aromatic carbocycles. The van der Waals surface area contributed by atoms with Gasteiger partial charge in [0, 0.05) is 42.8 Å². The second-order valence-electron chi connectivity index (χ2n) is 6.68. The molecule has 2 aliphatic heterocycles. The molecule has 3 rings (SSSR count). The van der Waals surface area contributed by atoms with Gasteiger partial charge in [-0.3, -0.25) is 0 Å². The maximum Gasteiger partial charge on any atom is 0.124 e. The number of nitrogens with one attached hydrogen (secondary N) is 1. The van der Waals surface area contributed by atoms with Crippen molar-refractivity contribution in [1.82, 2.24) is 15.1 Å². The number of hydrogen-bond acceptors (Lipinski definition) is 4. The zero-order chi connectivity index (χ0) is 16.1. The molecule has 0 saturated carbocycles. The van der Waals surface area contributed by atoms with Crippen molar-refractivity contribution in [2.24, 2.45) is 0 Å². The van der Waals surface area contributed by atoms with E-state index in [4.69, 9.17) is 16.3 Å². The Kier molecular flexibility index (Phi) is 6.17. The van der Waals surface area contributed by atoms with Crippen LogP contribution in [0.2, 0.25) is 5.02 Å². The van der Waals surface area contributed by atoms with Crippen LogP contribution in [-0.2, 0) is 0 Å². The van der Waals surface area contributed by atoms with Crippen LogP contribution in [0.15, 0.2) is 18.2 Å². The van der Waals surface area contributed by atoms with E-state index in [1.807, 2.05) is 12.1 Å². The van der Waals surface area contributed by atoms with Crippen molar-refractivity contribution in [3.63, 3.8) is 0 Å². The van der Waals surface area contributed by atoms with Gasteiger partial charge in [-0.1, -0.05) is 11.6 Å². The number of nitrogens with zero attached hydrogens (tertiary/aromatic N) is 2. The zero-order valence-corrected chi connectivity index (χ0v) is 14.8. The predicted molar refractivity (Wildman–Crippen MR) is 95.5 cm³/mol. The van der Waals surface area contributed by atoms with E-state index >= 15 is 0 Å². The molecule has 1 unspecified atom stereocenters. The lowest BCUT2D eigenvalue weighted by Crippen LogP contribution is -2.45. The van der Waals surface area contributed by atoms with Gasteiger partial charge >= 0.3 is 0 Å². The Morgan fingerprint density at radius 1 is 1.26 bits per heavy atom. The first-order chi connectivity index (χ1) is 11.2. The highest BCUT2D eigenvalue weighted by molar-refractivity contribution is 6.30. The minimum absolute atomic E-state index is 0.360.